The Morgan fingerprint density at radius 2 is 2.33 bits per heavy atom. The molecule has 0 spiro atoms. The van der Waals surface area contributed by atoms with Crippen molar-refractivity contribution in [1.29, 1.82) is 0 Å². The van der Waals surface area contributed by atoms with Crippen LogP contribution in [0.25, 0.3) is 0 Å². The lowest BCUT2D eigenvalue weighted by Gasteiger charge is -2.20. The summed E-state index contributed by atoms with van der Waals surface area (Å²) in [6, 6.07) is 0.575. The molecule has 7 heteroatoms. The SMILES string of the molecule is CCNc1nc(N)c(C(=O)NCC2CCN(C(C)C)C2)s1. The number of carbonyl (C=O) groups excluding carboxylic acids is 1. The van der Waals surface area contributed by atoms with Crippen LogP contribution in [0, 0.1) is 5.92 Å². The van der Waals surface area contributed by atoms with Crippen LogP contribution < -0.4 is 16.4 Å². The molecule has 1 amide bonds. The van der Waals surface area contributed by atoms with Gasteiger partial charge in [-0.2, -0.15) is 0 Å². The molecule has 118 valence electrons. The van der Waals surface area contributed by atoms with Crippen LogP contribution in [0.5, 0.6) is 0 Å². The highest BCUT2D eigenvalue weighted by Gasteiger charge is 2.25. The second-order valence-electron chi connectivity index (χ2n) is 5.72. The second-order valence-corrected chi connectivity index (χ2v) is 6.72. The number of aromatic nitrogens is 1. The predicted octanol–water partition coefficient (Wildman–Crippen LogP) is 1.62. The molecule has 0 aromatic carbocycles. The zero-order valence-electron chi connectivity index (χ0n) is 13.0. The van der Waals surface area contributed by atoms with Crippen molar-refractivity contribution in [3.63, 3.8) is 0 Å². The van der Waals surface area contributed by atoms with E-state index in [2.05, 4.69) is 34.4 Å². The van der Waals surface area contributed by atoms with Gasteiger partial charge < -0.3 is 21.3 Å². The van der Waals surface area contributed by atoms with E-state index in [4.69, 9.17) is 5.73 Å². The van der Waals surface area contributed by atoms with Crippen molar-refractivity contribution in [2.75, 3.05) is 37.2 Å². The van der Waals surface area contributed by atoms with Gasteiger partial charge in [-0.15, -0.1) is 0 Å². The van der Waals surface area contributed by atoms with Crippen LogP contribution in [-0.2, 0) is 0 Å². The summed E-state index contributed by atoms with van der Waals surface area (Å²) >= 11 is 1.31. The first-order chi connectivity index (χ1) is 10.0. The first-order valence-electron chi connectivity index (χ1n) is 7.53. The molecule has 1 aromatic rings. The monoisotopic (exact) mass is 311 g/mol. The van der Waals surface area contributed by atoms with Gasteiger partial charge in [0.25, 0.3) is 5.91 Å². The molecule has 0 aliphatic carbocycles. The van der Waals surface area contributed by atoms with Crippen molar-refractivity contribution in [3.8, 4) is 0 Å². The summed E-state index contributed by atoms with van der Waals surface area (Å²) in [5.74, 6) is 0.722. The average molecular weight is 311 g/mol. The van der Waals surface area contributed by atoms with Gasteiger partial charge in [-0.3, -0.25) is 4.79 Å². The number of nitrogens with two attached hydrogens (primary N) is 1. The van der Waals surface area contributed by atoms with Crippen LogP contribution in [0.3, 0.4) is 0 Å². The highest BCUT2D eigenvalue weighted by Crippen LogP contribution is 2.25. The highest BCUT2D eigenvalue weighted by molar-refractivity contribution is 7.18. The Morgan fingerprint density at radius 1 is 1.57 bits per heavy atom. The summed E-state index contributed by atoms with van der Waals surface area (Å²) in [4.78, 5) is 19.3. The van der Waals surface area contributed by atoms with Gasteiger partial charge in [0, 0.05) is 25.7 Å². The number of likely N-dealkylation sites (tertiary alicyclic amines) is 1. The molecule has 21 heavy (non-hydrogen) atoms. The van der Waals surface area contributed by atoms with Gasteiger partial charge in [-0.1, -0.05) is 11.3 Å². The lowest BCUT2D eigenvalue weighted by atomic mass is 10.1. The van der Waals surface area contributed by atoms with E-state index in [1.807, 2.05) is 6.92 Å². The van der Waals surface area contributed by atoms with Crippen molar-refractivity contribution in [2.45, 2.75) is 33.2 Å². The van der Waals surface area contributed by atoms with E-state index in [9.17, 15) is 4.79 Å². The molecule has 1 fully saturated rings. The van der Waals surface area contributed by atoms with Crippen molar-refractivity contribution in [1.82, 2.24) is 15.2 Å². The first-order valence-corrected chi connectivity index (χ1v) is 8.35. The molecule has 2 rings (SSSR count). The minimum absolute atomic E-state index is 0.114. The van der Waals surface area contributed by atoms with Gasteiger partial charge in [0.1, 0.15) is 10.7 Å². The van der Waals surface area contributed by atoms with Crippen LogP contribution in [0.15, 0.2) is 0 Å². The van der Waals surface area contributed by atoms with Gasteiger partial charge in [0.05, 0.1) is 0 Å². The quantitative estimate of drug-likeness (QED) is 0.743. The third kappa shape index (κ3) is 4.07. The zero-order valence-corrected chi connectivity index (χ0v) is 13.8. The molecule has 2 heterocycles. The molecule has 0 bridgehead atoms. The second kappa shape index (κ2) is 7.09. The Bertz CT molecular complexity index is 488. The minimum atomic E-state index is -0.114. The number of amides is 1. The van der Waals surface area contributed by atoms with Crippen molar-refractivity contribution in [2.24, 2.45) is 5.92 Å². The van der Waals surface area contributed by atoms with E-state index < -0.39 is 0 Å². The van der Waals surface area contributed by atoms with Crippen LogP contribution >= 0.6 is 11.3 Å². The number of carbonyl (C=O) groups is 1. The van der Waals surface area contributed by atoms with E-state index in [1.54, 1.807) is 0 Å². The average Bonchev–Trinajstić information content (AvgIpc) is 3.03. The third-order valence-electron chi connectivity index (χ3n) is 3.79. The summed E-state index contributed by atoms with van der Waals surface area (Å²) in [5, 5.41) is 6.77. The maximum atomic E-state index is 12.2. The maximum Gasteiger partial charge on any atom is 0.265 e. The van der Waals surface area contributed by atoms with Crippen LogP contribution in [-0.4, -0.2) is 48.0 Å². The van der Waals surface area contributed by atoms with Crippen molar-refractivity contribution < 1.29 is 4.79 Å². The molecule has 1 unspecified atom stereocenters. The smallest absolute Gasteiger partial charge is 0.265 e. The fourth-order valence-corrected chi connectivity index (χ4v) is 3.41. The summed E-state index contributed by atoms with van der Waals surface area (Å²) in [5.41, 5.74) is 5.81. The molecular formula is C14H25N5OS. The Labute approximate surface area is 130 Å². The van der Waals surface area contributed by atoms with Crippen LogP contribution in [0.2, 0.25) is 0 Å². The normalized spacial score (nSPS) is 19.1. The van der Waals surface area contributed by atoms with Gasteiger partial charge in [0.15, 0.2) is 5.13 Å². The molecule has 1 atom stereocenters. The van der Waals surface area contributed by atoms with Gasteiger partial charge in [0.2, 0.25) is 0 Å². The van der Waals surface area contributed by atoms with Crippen molar-refractivity contribution >= 4 is 28.2 Å². The Hall–Kier alpha value is -1.34. The van der Waals surface area contributed by atoms with Crippen LogP contribution in [0.4, 0.5) is 10.9 Å². The number of hydrogen-bond donors (Lipinski definition) is 3. The van der Waals surface area contributed by atoms with E-state index in [0.717, 1.165) is 26.1 Å². The van der Waals surface area contributed by atoms with Gasteiger partial charge >= 0.3 is 0 Å². The summed E-state index contributed by atoms with van der Waals surface area (Å²) < 4.78 is 0. The molecule has 4 N–H and O–H groups in total. The summed E-state index contributed by atoms with van der Waals surface area (Å²) in [7, 11) is 0. The summed E-state index contributed by atoms with van der Waals surface area (Å²) in [6.45, 7) is 10.0. The third-order valence-corrected chi connectivity index (χ3v) is 4.81. The Balaban J connectivity index is 1.85. The number of nitrogen functional groups attached to an aromatic ring is 1. The zero-order chi connectivity index (χ0) is 15.4. The van der Waals surface area contributed by atoms with E-state index in [0.29, 0.717) is 34.3 Å². The number of thiazole rings is 1. The molecular weight excluding hydrogens is 286 g/mol. The topological polar surface area (TPSA) is 83.3 Å². The Morgan fingerprint density at radius 3 is 2.95 bits per heavy atom. The number of nitrogens with one attached hydrogen (secondary N) is 2. The van der Waals surface area contributed by atoms with Crippen LogP contribution in [0.1, 0.15) is 36.9 Å². The minimum Gasteiger partial charge on any atom is -0.382 e. The standard InChI is InChI=1S/C14H25N5OS/c1-4-16-14-18-12(15)11(21-14)13(20)17-7-10-5-6-19(8-10)9(2)3/h9-10H,4-8,15H2,1-3H3,(H,16,18)(H,17,20). The predicted molar refractivity (Wildman–Crippen MR) is 87.8 cm³/mol. The largest absolute Gasteiger partial charge is 0.382 e. The fraction of sp³-hybridized carbons (Fsp3) is 0.714. The molecule has 1 aliphatic heterocycles. The van der Waals surface area contributed by atoms with Gasteiger partial charge in [-0.05, 0) is 39.7 Å². The number of anilines is 2. The van der Waals surface area contributed by atoms with Crippen molar-refractivity contribution in [3.05, 3.63) is 4.88 Å². The van der Waals surface area contributed by atoms with E-state index in [-0.39, 0.29) is 5.91 Å². The lowest BCUT2D eigenvalue weighted by Crippen LogP contribution is -2.32. The number of nitrogens with zero attached hydrogens (tertiary/aromatic N) is 2. The van der Waals surface area contributed by atoms with Gasteiger partial charge in [-0.25, -0.2) is 4.98 Å². The molecule has 0 radical (unpaired) electrons. The Kier molecular flexibility index (Phi) is 5.41. The fourth-order valence-electron chi connectivity index (χ4n) is 2.54. The molecule has 1 aliphatic rings. The highest BCUT2D eigenvalue weighted by atomic mass is 32.1. The molecule has 6 nitrogen and oxygen atoms in total. The number of hydrogen-bond acceptors (Lipinski definition) is 6. The summed E-state index contributed by atoms with van der Waals surface area (Å²) in [6.07, 6.45) is 1.14. The maximum absolute atomic E-state index is 12.2. The first kappa shape index (κ1) is 16.0. The van der Waals surface area contributed by atoms with E-state index in [1.165, 1.54) is 11.3 Å². The van der Waals surface area contributed by atoms with E-state index >= 15 is 0 Å². The molecule has 1 saturated heterocycles. The number of rotatable bonds is 6. The lowest BCUT2D eigenvalue weighted by molar-refractivity contribution is 0.0952. The molecule has 1 aromatic heterocycles. The molecule has 0 saturated carbocycles.